The molecule has 1 heteroatoms. The number of aromatic nitrogens is 1. The lowest BCUT2D eigenvalue weighted by Crippen LogP contribution is -1.91. The summed E-state index contributed by atoms with van der Waals surface area (Å²) in [5.41, 5.74) is 4.45. The van der Waals surface area contributed by atoms with E-state index in [1.54, 1.807) is 12.4 Å². The summed E-state index contributed by atoms with van der Waals surface area (Å²) < 4.78 is 0. The highest BCUT2D eigenvalue weighted by Crippen LogP contribution is 2.25. The van der Waals surface area contributed by atoms with E-state index in [0.29, 0.717) is 0 Å². The van der Waals surface area contributed by atoms with Crippen molar-refractivity contribution in [3.05, 3.63) is 53.9 Å². The van der Waals surface area contributed by atoms with E-state index in [0.717, 1.165) is 23.1 Å². The van der Waals surface area contributed by atoms with Crippen LogP contribution in [0.25, 0.3) is 11.1 Å². The molecule has 1 aromatic heterocycles. The van der Waals surface area contributed by atoms with E-state index < -0.39 is 0 Å². The summed E-state index contributed by atoms with van der Waals surface area (Å²) in [6, 6.07) is 10.2. The topological polar surface area (TPSA) is 12.9 Å². The first-order valence-electron chi connectivity index (χ1n) is 5.35. The van der Waals surface area contributed by atoms with E-state index in [2.05, 4.69) is 36.0 Å². The molecule has 0 aliphatic rings. The molecule has 2 aromatic rings. The Bertz CT molecular complexity index is 521. The highest BCUT2D eigenvalue weighted by Gasteiger charge is 2.06. The minimum Gasteiger partial charge on any atom is -0.265 e. The third-order valence-corrected chi connectivity index (χ3v) is 2.67. The van der Waals surface area contributed by atoms with Crippen LogP contribution >= 0.6 is 0 Å². The quantitative estimate of drug-likeness (QED) is 0.688. The molecular formula is C15H13N. The average molecular weight is 207 g/mol. The maximum Gasteiger partial charge on any atom is 0.0352 e. The summed E-state index contributed by atoms with van der Waals surface area (Å²) in [5, 5.41) is 0. The summed E-state index contributed by atoms with van der Waals surface area (Å²) in [4.78, 5) is 4.02. The fourth-order valence-corrected chi connectivity index (χ4v) is 1.84. The van der Waals surface area contributed by atoms with Crippen LogP contribution in [0, 0.1) is 12.3 Å². The van der Waals surface area contributed by atoms with Gasteiger partial charge in [-0.05, 0) is 35.2 Å². The van der Waals surface area contributed by atoms with Gasteiger partial charge in [0.05, 0.1) is 0 Å². The third kappa shape index (κ3) is 1.83. The summed E-state index contributed by atoms with van der Waals surface area (Å²) in [6.45, 7) is 2.12. The Labute approximate surface area is 96.2 Å². The SMILES string of the molecule is C#Cc1c(CC)cccc1-c1ccncc1. The lowest BCUT2D eigenvalue weighted by Gasteiger charge is -2.08. The maximum absolute atomic E-state index is 5.60. The Morgan fingerprint density at radius 1 is 1.19 bits per heavy atom. The van der Waals surface area contributed by atoms with Crippen LogP contribution in [0.2, 0.25) is 0 Å². The van der Waals surface area contributed by atoms with Gasteiger partial charge in [-0.1, -0.05) is 31.0 Å². The molecule has 0 fully saturated rings. The predicted molar refractivity (Wildman–Crippen MR) is 67.0 cm³/mol. The molecule has 1 nitrogen and oxygen atoms in total. The summed E-state index contributed by atoms with van der Waals surface area (Å²) >= 11 is 0. The minimum absolute atomic E-state index is 0.957. The van der Waals surface area contributed by atoms with Crippen molar-refractivity contribution in [3.8, 4) is 23.5 Å². The Morgan fingerprint density at radius 2 is 1.94 bits per heavy atom. The van der Waals surface area contributed by atoms with Gasteiger partial charge in [0.25, 0.3) is 0 Å². The van der Waals surface area contributed by atoms with Gasteiger partial charge in [-0.25, -0.2) is 0 Å². The van der Waals surface area contributed by atoms with Crippen LogP contribution in [0.3, 0.4) is 0 Å². The second-order valence-electron chi connectivity index (χ2n) is 3.57. The summed E-state index contributed by atoms with van der Waals surface area (Å²) in [6.07, 6.45) is 10.1. The first-order valence-corrected chi connectivity index (χ1v) is 5.35. The van der Waals surface area contributed by atoms with Gasteiger partial charge in [0.1, 0.15) is 0 Å². The average Bonchev–Trinajstić information content (AvgIpc) is 2.38. The van der Waals surface area contributed by atoms with E-state index in [1.807, 2.05) is 12.1 Å². The number of pyridine rings is 1. The largest absolute Gasteiger partial charge is 0.265 e. The normalized spacial score (nSPS) is 9.75. The van der Waals surface area contributed by atoms with Crippen LogP contribution in [0.15, 0.2) is 42.7 Å². The fraction of sp³-hybridized carbons (Fsp3) is 0.133. The standard InChI is InChI=1S/C15H13N/c1-3-12-6-5-7-15(14(12)4-2)13-8-10-16-11-9-13/h2,5-11H,3H2,1H3. The molecule has 1 heterocycles. The number of rotatable bonds is 2. The van der Waals surface area contributed by atoms with Gasteiger partial charge in [0.15, 0.2) is 0 Å². The summed E-state index contributed by atoms with van der Waals surface area (Å²) in [7, 11) is 0. The first kappa shape index (κ1) is 10.4. The molecule has 0 amide bonds. The minimum atomic E-state index is 0.957. The molecule has 0 N–H and O–H groups in total. The van der Waals surface area contributed by atoms with Crippen molar-refractivity contribution in [3.63, 3.8) is 0 Å². The van der Waals surface area contributed by atoms with Crippen LogP contribution in [0.4, 0.5) is 0 Å². The van der Waals surface area contributed by atoms with Crippen molar-refractivity contribution < 1.29 is 0 Å². The number of terminal acetylenes is 1. The molecule has 0 aliphatic heterocycles. The van der Waals surface area contributed by atoms with E-state index in [9.17, 15) is 0 Å². The van der Waals surface area contributed by atoms with E-state index in [1.165, 1.54) is 5.56 Å². The Balaban J connectivity index is 2.63. The zero-order valence-electron chi connectivity index (χ0n) is 9.27. The van der Waals surface area contributed by atoms with Crippen molar-refractivity contribution in [1.29, 1.82) is 0 Å². The number of aryl methyl sites for hydroxylation is 1. The lowest BCUT2D eigenvalue weighted by atomic mass is 9.95. The van der Waals surface area contributed by atoms with Crippen molar-refractivity contribution in [2.24, 2.45) is 0 Å². The van der Waals surface area contributed by atoms with Crippen LogP contribution in [-0.4, -0.2) is 4.98 Å². The molecule has 0 atom stereocenters. The monoisotopic (exact) mass is 207 g/mol. The number of benzene rings is 1. The first-order chi connectivity index (χ1) is 7.86. The molecule has 0 saturated carbocycles. The molecule has 0 spiro atoms. The second kappa shape index (κ2) is 4.63. The highest BCUT2D eigenvalue weighted by molar-refractivity contribution is 5.72. The molecule has 0 saturated heterocycles. The number of hydrogen-bond acceptors (Lipinski definition) is 1. The van der Waals surface area contributed by atoms with Gasteiger partial charge < -0.3 is 0 Å². The van der Waals surface area contributed by atoms with Crippen LogP contribution in [0.1, 0.15) is 18.1 Å². The third-order valence-electron chi connectivity index (χ3n) is 2.67. The van der Waals surface area contributed by atoms with E-state index >= 15 is 0 Å². The van der Waals surface area contributed by atoms with Crippen molar-refractivity contribution in [2.45, 2.75) is 13.3 Å². The lowest BCUT2D eigenvalue weighted by molar-refractivity contribution is 1.13. The molecule has 1 aromatic carbocycles. The molecule has 2 rings (SSSR count). The Kier molecular flexibility index (Phi) is 3.03. The molecule has 0 radical (unpaired) electrons. The zero-order valence-corrected chi connectivity index (χ0v) is 9.27. The van der Waals surface area contributed by atoms with Crippen molar-refractivity contribution >= 4 is 0 Å². The molecule has 0 aliphatic carbocycles. The zero-order chi connectivity index (χ0) is 11.4. The van der Waals surface area contributed by atoms with Gasteiger partial charge in [0, 0.05) is 18.0 Å². The van der Waals surface area contributed by atoms with Gasteiger partial charge in [-0.15, -0.1) is 6.42 Å². The highest BCUT2D eigenvalue weighted by atomic mass is 14.6. The van der Waals surface area contributed by atoms with Gasteiger partial charge in [-0.2, -0.15) is 0 Å². The predicted octanol–water partition coefficient (Wildman–Crippen LogP) is 3.29. The Morgan fingerprint density at radius 3 is 2.56 bits per heavy atom. The fourth-order valence-electron chi connectivity index (χ4n) is 1.84. The van der Waals surface area contributed by atoms with Crippen LogP contribution in [-0.2, 0) is 6.42 Å². The maximum atomic E-state index is 5.60. The van der Waals surface area contributed by atoms with Crippen molar-refractivity contribution in [1.82, 2.24) is 4.98 Å². The number of nitrogens with zero attached hydrogens (tertiary/aromatic N) is 1. The van der Waals surface area contributed by atoms with Gasteiger partial charge >= 0.3 is 0 Å². The van der Waals surface area contributed by atoms with Gasteiger partial charge in [-0.3, -0.25) is 4.98 Å². The molecule has 0 unspecified atom stereocenters. The van der Waals surface area contributed by atoms with Crippen molar-refractivity contribution in [2.75, 3.05) is 0 Å². The van der Waals surface area contributed by atoms with Crippen LogP contribution in [0.5, 0.6) is 0 Å². The van der Waals surface area contributed by atoms with Crippen LogP contribution < -0.4 is 0 Å². The smallest absolute Gasteiger partial charge is 0.0352 e. The summed E-state index contributed by atoms with van der Waals surface area (Å²) in [5.74, 6) is 2.79. The molecular weight excluding hydrogens is 194 g/mol. The second-order valence-corrected chi connectivity index (χ2v) is 3.57. The Hall–Kier alpha value is -2.07. The molecule has 0 bridgehead atoms. The molecule has 78 valence electrons. The number of hydrogen-bond donors (Lipinski definition) is 0. The molecule has 16 heavy (non-hydrogen) atoms. The van der Waals surface area contributed by atoms with E-state index in [-0.39, 0.29) is 0 Å². The van der Waals surface area contributed by atoms with Gasteiger partial charge in [0.2, 0.25) is 0 Å². The van der Waals surface area contributed by atoms with E-state index in [4.69, 9.17) is 6.42 Å².